The van der Waals surface area contributed by atoms with Crippen molar-refractivity contribution in [2.75, 3.05) is 22.5 Å². The quantitative estimate of drug-likeness (QED) is 0.822. The first-order chi connectivity index (χ1) is 11.2. The van der Waals surface area contributed by atoms with Crippen molar-refractivity contribution in [3.8, 4) is 0 Å². The zero-order valence-electron chi connectivity index (χ0n) is 13.8. The number of nitrogen functional groups attached to an aromatic ring is 1. The average molecular weight is 310 g/mol. The summed E-state index contributed by atoms with van der Waals surface area (Å²) in [6, 6.07) is 8.03. The van der Waals surface area contributed by atoms with E-state index >= 15 is 0 Å². The average Bonchev–Trinajstić information content (AvgIpc) is 3.06. The van der Waals surface area contributed by atoms with Crippen molar-refractivity contribution < 1.29 is 0 Å². The van der Waals surface area contributed by atoms with Crippen LogP contribution in [0, 0.1) is 13.5 Å². The zero-order chi connectivity index (χ0) is 16.2. The van der Waals surface area contributed by atoms with Gasteiger partial charge in [-0.1, -0.05) is 19.4 Å². The van der Waals surface area contributed by atoms with Crippen LogP contribution in [-0.4, -0.2) is 16.5 Å². The molecule has 0 aliphatic carbocycles. The van der Waals surface area contributed by atoms with E-state index in [1.54, 1.807) is 0 Å². The fraction of sp³-hybridized carbons (Fsp3) is 0.389. The van der Waals surface area contributed by atoms with Crippen LogP contribution in [0.4, 0.5) is 23.1 Å². The molecule has 3 N–H and O–H groups in total. The number of nitrogens with zero attached hydrogens (tertiary/aromatic N) is 3. The van der Waals surface area contributed by atoms with Gasteiger partial charge in [0.2, 0.25) is 5.95 Å². The van der Waals surface area contributed by atoms with Crippen molar-refractivity contribution in [1.29, 1.82) is 0 Å². The van der Waals surface area contributed by atoms with Gasteiger partial charge in [0, 0.05) is 29.7 Å². The summed E-state index contributed by atoms with van der Waals surface area (Å²) in [6.45, 7) is 7.40. The normalized spacial score (nSPS) is 14.3. The molecule has 0 atom stereocenters. The largest absolute Gasteiger partial charge is 0.398 e. The molecule has 3 rings (SSSR count). The first-order valence-electron chi connectivity index (χ1n) is 8.27. The molecular formula is C18H24N5. The van der Waals surface area contributed by atoms with Gasteiger partial charge in [-0.25, -0.2) is 4.98 Å². The lowest BCUT2D eigenvalue weighted by molar-refractivity contribution is 0.866. The van der Waals surface area contributed by atoms with Gasteiger partial charge in [-0.2, -0.15) is 4.98 Å². The third-order valence-electron chi connectivity index (χ3n) is 4.05. The lowest BCUT2D eigenvalue weighted by atomic mass is 10.2. The number of rotatable bonds is 5. The number of nitrogens with one attached hydrogen (secondary N) is 1. The van der Waals surface area contributed by atoms with Gasteiger partial charge in [0.25, 0.3) is 0 Å². The molecule has 0 spiro atoms. The maximum atomic E-state index is 5.99. The van der Waals surface area contributed by atoms with Crippen LogP contribution < -0.4 is 16.0 Å². The highest BCUT2D eigenvalue weighted by atomic mass is 15.2. The van der Waals surface area contributed by atoms with Crippen molar-refractivity contribution in [1.82, 2.24) is 9.97 Å². The van der Waals surface area contributed by atoms with Gasteiger partial charge in [0.1, 0.15) is 5.82 Å². The number of nitrogens with two attached hydrogens (primary N) is 1. The summed E-state index contributed by atoms with van der Waals surface area (Å²) in [5, 5.41) is 3.29. The summed E-state index contributed by atoms with van der Waals surface area (Å²) >= 11 is 0. The second-order valence-electron chi connectivity index (χ2n) is 6.01. The monoisotopic (exact) mass is 310 g/mol. The zero-order valence-corrected chi connectivity index (χ0v) is 13.8. The van der Waals surface area contributed by atoms with E-state index in [0.717, 1.165) is 54.3 Å². The van der Waals surface area contributed by atoms with Crippen LogP contribution in [-0.2, 0) is 6.42 Å². The third kappa shape index (κ3) is 3.73. The molecule has 1 aromatic heterocycles. The van der Waals surface area contributed by atoms with Gasteiger partial charge in [-0.05, 0) is 43.9 Å². The van der Waals surface area contributed by atoms with Gasteiger partial charge >= 0.3 is 0 Å². The number of hydrogen-bond donors (Lipinski definition) is 2. The van der Waals surface area contributed by atoms with E-state index in [4.69, 9.17) is 5.73 Å². The number of anilines is 4. The summed E-state index contributed by atoms with van der Waals surface area (Å²) < 4.78 is 0. The Kier molecular flexibility index (Phi) is 4.65. The van der Waals surface area contributed by atoms with Gasteiger partial charge in [0.05, 0.1) is 6.54 Å². The minimum absolute atomic E-state index is 0.634. The summed E-state index contributed by atoms with van der Waals surface area (Å²) in [6.07, 6.45) is 4.32. The molecule has 1 aromatic carbocycles. The van der Waals surface area contributed by atoms with Gasteiger partial charge in [-0.15, -0.1) is 0 Å². The molecule has 121 valence electrons. The maximum absolute atomic E-state index is 5.99. The molecule has 0 saturated carbocycles. The van der Waals surface area contributed by atoms with E-state index in [0.29, 0.717) is 5.95 Å². The second kappa shape index (κ2) is 6.86. The highest BCUT2D eigenvalue weighted by molar-refractivity contribution is 5.63. The Morgan fingerprint density at radius 1 is 1.26 bits per heavy atom. The van der Waals surface area contributed by atoms with E-state index in [-0.39, 0.29) is 0 Å². The van der Waals surface area contributed by atoms with E-state index in [2.05, 4.69) is 39.7 Å². The predicted molar refractivity (Wildman–Crippen MR) is 95.8 cm³/mol. The molecule has 1 radical (unpaired) electrons. The summed E-state index contributed by atoms with van der Waals surface area (Å²) in [5.41, 5.74) is 9.82. The van der Waals surface area contributed by atoms with E-state index in [9.17, 15) is 0 Å². The lowest BCUT2D eigenvalue weighted by Gasteiger charge is -2.18. The Bertz CT molecular complexity index is 677. The summed E-state index contributed by atoms with van der Waals surface area (Å²) in [7, 11) is 0. The molecule has 5 nitrogen and oxygen atoms in total. The molecule has 0 unspecified atom stereocenters. The van der Waals surface area contributed by atoms with Crippen molar-refractivity contribution in [3.63, 3.8) is 0 Å². The Morgan fingerprint density at radius 2 is 2.13 bits per heavy atom. The summed E-state index contributed by atoms with van der Waals surface area (Å²) in [5.74, 6) is 1.61. The number of aromatic nitrogens is 2. The number of benzene rings is 1. The molecular weight excluding hydrogens is 286 g/mol. The second-order valence-corrected chi connectivity index (χ2v) is 6.01. The Morgan fingerprint density at radius 3 is 2.83 bits per heavy atom. The van der Waals surface area contributed by atoms with Gasteiger partial charge in [-0.3, -0.25) is 0 Å². The van der Waals surface area contributed by atoms with E-state index in [1.807, 2.05) is 25.1 Å². The van der Waals surface area contributed by atoms with Gasteiger partial charge in [0.15, 0.2) is 0 Å². The smallest absolute Gasteiger partial charge is 0.229 e. The molecule has 2 heterocycles. The molecule has 0 bridgehead atoms. The third-order valence-corrected chi connectivity index (χ3v) is 4.05. The van der Waals surface area contributed by atoms with Crippen LogP contribution in [0.3, 0.4) is 0 Å². The molecule has 0 amide bonds. The first-order valence-corrected chi connectivity index (χ1v) is 8.27. The Balaban J connectivity index is 1.88. The Labute approximate surface area is 137 Å². The van der Waals surface area contributed by atoms with E-state index in [1.165, 1.54) is 6.42 Å². The molecule has 5 heteroatoms. The number of aryl methyl sites for hydroxylation is 2. The van der Waals surface area contributed by atoms with Crippen molar-refractivity contribution in [2.24, 2.45) is 0 Å². The molecule has 1 aliphatic heterocycles. The minimum atomic E-state index is 0.634. The van der Waals surface area contributed by atoms with Gasteiger partial charge < -0.3 is 16.0 Å². The summed E-state index contributed by atoms with van der Waals surface area (Å²) in [4.78, 5) is 11.5. The van der Waals surface area contributed by atoms with Crippen LogP contribution in [0.2, 0.25) is 0 Å². The van der Waals surface area contributed by atoms with Crippen molar-refractivity contribution in [2.45, 2.75) is 39.5 Å². The lowest BCUT2D eigenvalue weighted by Crippen LogP contribution is -2.17. The molecule has 23 heavy (non-hydrogen) atoms. The SMILES string of the molecule is CCCc1cc(N2[CH]CCC2)nc(Nc2ccc(C)c(N)c2)n1. The maximum Gasteiger partial charge on any atom is 0.229 e. The molecule has 1 fully saturated rings. The van der Waals surface area contributed by atoms with Crippen LogP contribution in [0.15, 0.2) is 24.3 Å². The highest BCUT2D eigenvalue weighted by Gasteiger charge is 2.16. The molecule has 1 aliphatic rings. The highest BCUT2D eigenvalue weighted by Crippen LogP contribution is 2.25. The fourth-order valence-electron chi connectivity index (χ4n) is 2.73. The first kappa shape index (κ1) is 15.6. The predicted octanol–water partition coefficient (Wildman–Crippen LogP) is 3.83. The molecule has 1 saturated heterocycles. The Hall–Kier alpha value is -2.30. The van der Waals surface area contributed by atoms with Crippen LogP contribution >= 0.6 is 0 Å². The van der Waals surface area contributed by atoms with Crippen LogP contribution in [0.1, 0.15) is 37.4 Å². The van der Waals surface area contributed by atoms with Crippen LogP contribution in [0.5, 0.6) is 0 Å². The van der Waals surface area contributed by atoms with Crippen molar-refractivity contribution in [3.05, 3.63) is 42.1 Å². The standard InChI is InChI=1S/C18H24N5/c1-3-6-14-12-17(23-9-4-5-10-23)22-18(20-14)21-15-8-7-13(2)16(19)11-15/h7-9,11-12H,3-6,10,19H2,1-2H3,(H,20,21,22). The van der Waals surface area contributed by atoms with Crippen molar-refractivity contribution >= 4 is 23.1 Å². The minimum Gasteiger partial charge on any atom is -0.398 e. The number of hydrogen-bond acceptors (Lipinski definition) is 5. The van der Waals surface area contributed by atoms with E-state index < -0.39 is 0 Å². The van der Waals surface area contributed by atoms with Crippen LogP contribution in [0.25, 0.3) is 0 Å². The fourth-order valence-corrected chi connectivity index (χ4v) is 2.73. The molecule has 2 aromatic rings. The topological polar surface area (TPSA) is 67.1 Å².